The molecule has 0 bridgehead atoms. The van der Waals surface area contributed by atoms with Gasteiger partial charge in [0.15, 0.2) is 0 Å². The van der Waals surface area contributed by atoms with Crippen LogP contribution < -0.4 is 11.1 Å². The number of carbonyl (C=O) groups excluding carboxylic acids is 2. The van der Waals surface area contributed by atoms with Crippen LogP contribution in [-0.4, -0.2) is 41.6 Å². The van der Waals surface area contributed by atoms with Crippen LogP contribution in [0, 0.1) is 0 Å². The number of nitrogens with two attached hydrogens (primary N) is 1. The molecular formula is C14H18ClN3O2S. The maximum Gasteiger partial charge on any atom is 0.253 e. The highest BCUT2D eigenvalue weighted by molar-refractivity contribution is 7.99. The minimum atomic E-state index is -0.00996. The van der Waals surface area contributed by atoms with Gasteiger partial charge in [0.05, 0.1) is 5.69 Å². The number of anilines is 1. The normalized spacial score (nSPS) is 21.1. The standard InChI is InChI=1S/C14H17N3O2S.ClH/c15-10-3-5-17(8-10)14(19)9-1-2-12-11(7-9)16-13(18)4-6-20-12;/h1-2,7,10H,3-6,8,15H2,(H,16,18);1H/t10-;/m1./s1. The summed E-state index contributed by atoms with van der Waals surface area (Å²) in [5.41, 5.74) is 7.19. The third-order valence-electron chi connectivity index (χ3n) is 3.60. The number of fused-ring (bicyclic) bond motifs is 1. The molecule has 2 heterocycles. The molecule has 3 rings (SSSR count). The third kappa shape index (κ3) is 3.51. The summed E-state index contributed by atoms with van der Waals surface area (Å²) in [6.45, 7) is 1.31. The molecule has 1 atom stereocenters. The molecule has 2 aliphatic rings. The molecule has 1 fully saturated rings. The summed E-state index contributed by atoms with van der Waals surface area (Å²) in [5.74, 6) is 0.765. The second kappa shape index (κ2) is 6.68. The number of nitrogens with one attached hydrogen (secondary N) is 1. The van der Waals surface area contributed by atoms with Crippen molar-refractivity contribution in [2.24, 2.45) is 5.73 Å². The molecule has 0 radical (unpaired) electrons. The first-order chi connectivity index (χ1) is 9.63. The summed E-state index contributed by atoms with van der Waals surface area (Å²) >= 11 is 1.64. The summed E-state index contributed by atoms with van der Waals surface area (Å²) in [4.78, 5) is 26.8. The van der Waals surface area contributed by atoms with E-state index in [0.29, 0.717) is 25.1 Å². The van der Waals surface area contributed by atoms with Gasteiger partial charge in [-0.05, 0) is 24.6 Å². The molecule has 2 aliphatic heterocycles. The molecule has 114 valence electrons. The maximum atomic E-state index is 12.4. The Kier molecular flexibility index (Phi) is 5.13. The van der Waals surface area contributed by atoms with E-state index in [1.54, 1.807) is 22.7 Å². The average Bonchev–Trinajstić information content (AvgIpc) is 2.77. The highest BCUT2D eigenvalue weighted by atomic mass is 35.5. The number of likely N-dealkylation sites (tertiary alicyclic amines) is 1. The lowest BCUT2D eigenvalue weighted by atomic mass is 10.1. The second-order valence-electron chi connectivity index (χ2n) is 5.16. The number of carbonyl (C=O) groups is 2. The van der Waals surface area contributed by atoms with Crippen LogP contribution in [0.1, 0.15) is 23.2 Å². The van der Waals surface area contributed by atoms with Crippen LogP contribution in [0.4, 0.5) is 5.69 Å². The Hall–Kier alpha value is -1.24. The van der Waals surface area contributed by atoms with Crippen LogP contribution in [0.3, 0.4) is 0 Å². The van der Waals surface area contributed by atoms with E-state index in [9.17, 15) is 9.59 Å². The number of hydrogen-bond acceptors (Lipinski definition) is 4. The molecule has 2 amide bonds. The highest BCUT2D eigenvalue weighted by Crippen LogP contribution is 2.32. The Balaban J connectivity index is 0.00000161. The summed E-state index contributed by atoms with van der Waals surface area (Å²) in [6.07, 6.45) is 1.35. The van der Waals surface area contributed by atoms with Gasteiger partial charge >= 0.3 is 0 Å². The fourth-order valence-corrected chi connectivity index (χ4v) is 3.44. The summed E-state index contributed by atoms with van der Waals surface area (Å²) in [5, 5.41) is 2.86. The van der Waals surface area contributed by atoms with Crippen molar-refractivity contribution in [3.05, 3.63) is 23.8 Å². The lowest BCUT2D eigenvalue weighted by molar-refractivity contribution is -0.115. The molecule has 0 unspecified atom stereocenters. The molecule has 7 heteroatoms. The Morgan fingerprint density at radius 3 is 2.95 bits per heavy atom. The fraction of sp³-hybridized carbons (Fsp3) is 0.429. The van der Waals surface area contributed by atoms with Crippen LogP contribution >= 0.6 is 24.2 Å². The Morgan fingerprint density at radius 2 is 2.24 bits per heavy atom. The van der Waals surface area contributed by atoms with Crippen molar-refractivity contribution in [1.82, 2.24) is 4.90 Å². The number of amides is 2. The molecule has 1 aromatic carbocycles. The van der Waals surface area contributed by atoms with Crippen LogP contribution in [0.25, 0.3) is 0 Å². The van der Waals surface area contributed by atoms with Gasteiger partial charge in [0, 0.05) is 41.8 Å². The number of halogens is 1. The fourth-order valence-electron chi connectivity index (χ4n) is 2.51. The van der Waals surface area contributed by atoms with Gasteiger partial charge in [-0.25, -0.2) is 0 Å². The molecule has 0 aromatic heterocycles. The van der Waals surface area contributed by atoms with E-state index in [0.717, 1.165) is 22.8 Å². The minimum Gasteiger partial charge on any atom is -0.337 e. The van der Waals surface area contributed by atoms with Gasteiger partial charge in [-0.2, -0.15) is 0 Å². The van der Waals surface area contributed by atoms with Crippen LogP contribution in [-0.2, 0) is 4.79 Å². The SMILES string of the molecule is Cl.N[C@@H]1CCN(C(=O)c2ccc3c(c2)NC(=O)CCS3)C1. The smallest absolute Gasteiger partial charge is 0.253 e. The lowest BCUT2D eigenvalue weighted by Gasteiger charge is -2.17. The molecule has 1 saturated heterocycles. The largest absolute Gasteiger partial charge is 0.337 e. The summed E-state index contributed by atoms with van der Waals surface area (Å²) < 4.78 is 0. The van der Waals surface area contributed by atoms with Crippen LogP contribution in [0.5, 0.6) is 0 Å². The maximum absolute atomic E-state index is 12.4. The number of rotatable bonds is 1. The molecule has 21 heavy (non-hydrogen) atoms. The van der Waals surface area contributed by atoms with E-state index in [1.807, 2.05) is 12.1 Å². The second-order valence-corrected chi connectivity index (χ2v) is 6.29. The van der Waals surface area contributed by atoms with Crippen molar-refractivity contribution in [3.8, 4) is 0 Å². The number of thioether (sulfide) groups is 1. The molecule has 0 aliphatic carbocycles. The van der Waals surface area contributed by atoms with Crippen LogP contribution in [0.2, 0.25) is 0 Å². The zero-order valence-corrected chi connectivity index (χ0v) is 13.1. The van der Waals surface area contributed by atoms with Gasteiger partial charge in [-0.1, -0.05) is 0 Å². The summed E-state index contributed by atoms with van der Waals surface area (Å²) in [7, 11) is 0. The molecule has 0 spiro atoms. The zero-order valence-electron chi connectivity index (χ0n) is 11.5. The van der Waals surface area contributed by atoms with Crippen molar-refractivity contribution < 1.29 is 9.59 Å². The van der Waals surface area contributed by atoms with Crippen LogP contribution in [0.15, 0.2) is 23.1 Å². The van der Waals surface area contributed by atoms with Gasteiger partial charge in [0.2, 0.25) is 5.91 Å². The van der Waals surface area contributed by atoms with Gasteiger partial charge in [0.25, 0.3) is 5.91 Å². The number of nitrogens with zero attached hydrogens (tertiary/aromatic N) is 1. The third-order valence-corrected chi connectivity index (χ3v) is 4.67. The minimum absolute atomic E-state index is 0. The predicted octanol–water partition coefficient (Wildman–Crippen LogP) is 1.72. The first-order valence-electron chi connectivity index (χ1n) is 6.75. The molecule has 5 nitrogen and oxygen atoms in total. The quantitative estimate of drug-likeness (QED) is 0.823. The molecule has 3 N–H and O–H groups in total. The van der Waals surface area contributed by atoms with Crippen molar-refractivity contribution in [3.63, 3.8) is 0 Å². The van der Waals surface area contributed by atoms with E-state index in [4.69, 9.17) is 5.73 Å². The number of benzene rings is 1. The first-order valence-corrected chi connectivity index (χ1v) is 7.73. The van der Waals surface area contributed by atoms with Crippen molar-refractivity contribution in [2.75, 3.05) is 24.2 Å². The zero-order chi connectivity index (χ0) is 14.1. The van der Waals surface area contributed by atoms with E-state index < -0.39 is 0 Å². The van der Waals surface area contributed by atoms with Gasteiger partial charge in [-0.3, -0.25) is 9.59 Å². The Bertz CT molecular complexity index is 567. The monoisotopic (exact) mass is 327 g/mol. The predicted molar refractivity (Wildman–Crippen MR) is 86.2 cm³/mol. The average molecular weight is 328 g/mol. The molecular weight excluding hydrogens is 310 g/mol. The molecule has 1 aromatic rings. The summed E-state index contributed by atoms with van der Waals surface area (Å²) in [6, 6.07) is 5.59. The van der Waals surface area contributed by atoms with Crippen molar-refractivity contribution in [2.45, 2.75) is 23.8 Å². The Labute approximate surface area is 134 Å². The van der Waals surface area contributed by atoms with Gasteiger partial charge < -0.3 is 16.0 Å². The first kappa shape index (κ1) is 16.1. The van der Waals surface area contributed by atoms with Gasteiger partial charge in [-0.15, -0.1) is 24.2 Å². The van der Waals surface area contributed by atoms with Crippen molar-refractivity contribution in [1.29, 1.82) is 0 Å². The lowest BCUT2D eigenvalue weighted by Crippen LogP contribution is -2.31. The van der Waals surface area contributed by atoms with Crippen molar-refractivity contribution >= 4 is 41.7 Å². The van der Waals surface area contributed by atoms with E-state index in [1.165, 1.54) is 0 Å². The van der Waals surface area contributed by atoms with Gasteiger partial charge in [0.1, 0.15) is 0 Å². The molecule has 0 saturated carbocycles. The Morgan fingerprint density at radius 1 is 1.43 bits per heavy atom. The number of hydrogen-bond donors (Lipinski definition) is 2. The van der Waals surface area contributed by atoms with E-state index in [-0.39, 0.29) is 30.3 Å². The van der Waals surface area contributed by atoms with E-state index in [2.05, 4.69) is 5.32 Å². The highest BCUT2D eigenvalue weighted by Gasteiger charge is 2.25. The van der Waals surface area contributed by atoms with E-state index >= 15 is 0 Å². The topological polar surface area (TPSA) is 75.4 Å².